The number of fused-ring (bicyclic) bond motifs is 1. The molecule has 0 aliphatic carbocycles. The molecule has 0 amide bonds. The topological polar surface area (TPSA) is 57.2 Å². The normalized spacial score (nSPS) is 11.6. The van der Waals surface area contributed by atoms with Crippen LogP contribution in [-0.4, -0.2) is 13.0 Å². The van der Waals surface area contributed by atoms with Crippen molar-refractivity contribution in [1.29, 1.82) is 0 Å². The van der Waals surface area contributed by atoms with E-state index in [-0.39, 0.29) is 56.3 Å². The zero-order valence-corrected chi connectivity index (χ0v) is 28.1. The Morgan fingerprint density at radius 3 is 1.46 bits per heavy atom. The van der Waals surface area contributed by atoms with E-state index < -0.39 is 10.1 Å². The van der Waals surface area contributed by atoms with E-state index >= 15 is 0 Å². The molecule has 2 rings (SSSR count). The van der Waals surface area contributed by atoms with Crippen molar-refractivity contribution in [2.24, 2.45) is 0 Å². The van der Waals surface area contributed by atoms with Crippen LogP contribution in [0.1, 0.15) is 141 Å². The van der Waals surface area contributed by atoms with Crippen molar-refractivity contribution >= 4 is 20.9 Å². The zero-order valence-electron chi connectivity index (χ0n) is 24.2. The second-order valence-corrected chi connectivity index (χ2v) is 12.0. The molecule has 0 atom stereocenters. The first-order valence-corrected chi connectivity index (χ1v) is 16.4. The van der Waals surface area contributed by atoms with E-state index in [2.05, 4.69) is 13.8 Å². The largest absolute Gasteiger partial charge is 1.00 e. The summed E-state index contributed by atoms with van der Waals surface area (Å²) in [7, 11) is -4.51. The Hall–Kier alpha value is 0.246. The minimum absolute atomic E-state index is 0. The minimum Gasteiger partial charge on any atom is -0.744 e. The molecule has 5 heteroatoms. The van der Waals surface area contributed by atoms with Gasteiger partial charge in [0.1, 0.15) is 10.1 Å². The van der Waals surface area contributed by atoms with Gasteiger partial charge in [-0.05, 0) is 48.3 Å². The standard InChI is InChI=1S/C32H52O3S.K/c1-3-5-7-9-11-13-15-17-19-22-28-26-27-31(36(33,34)35)32-29(24-21-25-30(28)32)23-20-18-16-14-12-10-8-6-4-2;/h21,24-27H,3-20,22-23H2,1-2H3,(H,33,34,35);/q;+1/p-1. The first-order chi connectivity index (χ1) is 17.5. The Bertz CT molecular complexity index is 971. The molecule has 0 bridgehead atoms. The number of hydrogen-bond acceptors (Lipinski definition) is 3. The summed E-state index contributed by atoms with van der Waals surface area (Å²) in [6, 6.07) is 9.50. The summed E-state index contributed by atoms with van der Waals surface area (Å²) in [5.74, 6) is 0. The van der Waals surface area contributed by atoms with Crippen LogP contribution >= 0.6 is 0 Å². The summed E-state index contributed by atoms with van der Waals surface area (Å²) in [5.41, 5.74) is 2.19. The number of aryl methyl sites for hydroxylation is 2. The number of unbranched alkanes of at least 4 members (excludes halogenated alkanes) is 16. The molecular weight excluding hydrogens is 504 g/mol. The smallest absolute Gasteiger partial charge is 0.744 e. The predicted octanol–water partition coefficient (Wildman–Crippen LogP) is 6.89. The van der Waals surface area contributed by atoms with Crippen molar-refractivity contribution in [3.05, 3.63) is 41.5 Å². The van der Waals surface area contributed by atoms with Gasteiger partial charge in [-0.15, -0.1) is 0 Å². The SMILES string of the molecule is CCCCCCCCCCCc1ccc(S(=O)(=O)[O-])c2c(CCCCCCCCCCC)cccc12.[K+]. The van der Waals surface area contributed by atoms with Gasteiger partial charge in [0.2, 0.25) is 0 Å². The maximum absolute atomic E-state index is 12.1. The first-order valence-electron chi connectivity index (χ1n) is 15.0. The minimum atomic E-state index is -4.51. The van der Waals surface area contributed by atoms with Gasteiger partial charge in [0.15, 0.2) is 0 Å². The van der Waals surface area contributed by atoms with E-state index in [1.165, 1.54) is 102 Å². The van der Waals surface area contributed by atoms with Gasteiger partial charge in [-0.3, -0.25) is 0 Å². The fourth-order valence-electron chi connectivity index (χ4n) is 5.39. The van der Waals surface area contributed by atoms with Crippen molar-refractivity contribution in [1.82, 2.24) is 0 Å². The van der Waals surface area contributed by atoms with Crippen LogP contribution in [0.2, 0.25) is 0 Å². The third-order valence-electron chi connectivity index (χ3n) is 7.55. The molecule has 37 heavy (non-hydrogen) atoms. The second kappa shape index (κ2) is 21.1. The Balaban J connectivity index is 0.00000684. The molecule has 0 heterocycles. The van der Waals surface area contributed by atoms with Crippen molar-refractivity contribution in [2.45, 2.75) is 147 Å². The Morgan fingerprint density at radius 1 is 0.568 bits per heavy atom. The second-order valence-electron chi connectivity index (χ2n) is 10.7. The monoisotopic (exact) mass is 554 g/mol. The van der Waals surface area contributed by atoms with E-state index in [1.54, 1.807) is 6.07 Å². The van der Waals surface area contributed by atoms with Gasteiger partial charge in [-0.2, -0.15) is 0 Å². The molecule has 3 nitrogen and oxygen atoms in total. The Labute approximate surface area is 271 Å². The Morgan fingerprint density at radius 2 is 1.00 bits per heavy atom. The molecule has 0 aliphatic heterocycles. The molecule has 0 saturated heterocycles. The van der Waals surface area contributed by atoms with Crippen LogP contribution in [0.25, 0.3) is 10.8 Å². The third-order valence-corrected chi connectivity index (χ3v) is 8.43. The molecule has 0 spiro atoms. The maximum atomic E-state index is 12.1. The molecule has 0 saturated carbocycles. The summed E-state index contributed by atoms with van der Waals surface area (Å²) in [6.07, 6.45) is 24.7. The summed E-state index contributed by atoms with van der Waals surface area (Å²) >= 11 is 0. The van der Waals surface area contributed by atoms with E-state index in [1.807, 2.05) is 24.3 Å². The fraction of sp³-hybridized carbons (Fsp3) is 0.688. The molecule has 2 aromatic carbocycles. The van der Waals surface area contributed by atoms with Crippen LogP contribution in [0.15, 0.2) is 35.2 Å². The van der Waals surface area contributed by atoms with Gasteiger partial charge in [0.05, 0.1) is 4.90 Å². The first kappa shape index (κ1) is 35.3. The Kier molecular flexibility index (Phi) is 20.1. The molecule has 0 radical (unpaired) electrons. The average molecular weight is 555 g/mol. The number of benzene rings is 2. The molecule has 0 aromatic heterocycles. The molecule has 2 aromatic rings. The van der Waals surface area contributed by atoms with Crippen LogP contribution in [0.3, 0.4) is 0 Å². The van der Waals surface area contributed by atoms with Gasteiger partial charge >= 0.3 is 51.4 Å². The maximum Gasteiger partial charge on any atom is 1.00 e. The molecule has 204 valence electrons. The summed E-state index contributed by atoms with van der Waals surface area (Å²) in [4.78, 5) is -0.0418. The van der Waals surface area contributed by atoms with E-state index in [4.69, 9.17) is 0 Å². The molecular formula is C32H51KO3S. The van der Waals surface area contributed by atoms with Crippen molar-refractivity contribution in [2.75, 3.05) is 0 Å². The van der Waals surface area contributed by atoms with Crippen molar-refractivity contribution < 1.29 is 64.4 Å². The summed E-state index contributed by atoms with van der Waals surface area (Å²) in [5, 5.41) is 1.64. The summed E-state index contributed by atoms with van der Waals surface area (Å²) < 4.78 is 36.3. The van der Waals surface area contributed by atoms with Gasteiger partial charge in [0, 0.05) is 5.39 Å². The van der Waals surface area contributed by atoms with Crippen LogP contribution in [-0.2, 0) is 23.0 Å². The van der Waals surface area contributed by atoms with E-state index in [0.29, 0.717) is 5.39 Å². The summed E-state index contributed by atoms with van der Waals surface area (Å²) in [6.45, 7) is 4.50. The van der Waals surface area contributed by atoms with Gasteiger partial charge in [-0.1, -0.05) is 141 Å². The number of rotatable bonds is 21. The molecule has 0 unspecified atom stereocenters. The van der Waals surface area contributed by atoms with Gasteiger partial charge in [-0.25, -0.2) is 8.42 Å². The number of hydrogen-bond donors (Lipinski definition) is 0. The van der Waals surface area contributed by atoms with E-state index in [9.17, 15) is 13.0 Å². The van der Waals surface area contributed by atoms with Crippen LogP contribution in [0, 0.1) is 0 Å². The average Bonchev–Trinajstić information content (AvgIpc) is 2.86. The van der Waals surface area contributed by atoms with Crippen LogP contribution in [0.4, 0.5) is 0 Å². The third kappa shape index (κ3) is 13.9. The quantitative estimate of drug-likeness (QED) is 0.0958. The van der Waals surface area contributed by atoms with Crippen molar-refractivity contribution in [3.63, 3.8) is 0 Å². The van der Waals surface area contributed by atoms with Gasteiger partial charge < -0.3 is 4.55 Å². The van der Waals surface area contributed by atoms with Gasteiger partial charge in [0.25, 0.3) is 0 Å². The fourth-order valence-corrected chi connectivity index (χ4v) is 6.12. The van der Waals surface area contributed by atoms with Crippen molar-refractivity contribution in [3.8, 4) is 0 Å². The zero-order chi connectivity index (χ0) is 26.1. The molecule has 0 aliphatic rings. The predicted molar refractivity (Wildman–Crippen MR) is 154 cm³/mol. The van der Waals surface area contributed by atoms with Crippen LogP contribution in [0.5, 0.6) is 0 Å². The van der Waals surface area contributed by atoms with E-state index in [0.717, 1.165) is 43.1 Å². The molecule has 0 N–H and O–H groups in total. The van der Waals surface area contributed by atoms with Crippen LogP contribution < -0.4 is 51.4 Å². The molecule has 0 fully saturated rings.